The summed E-state index contributed by atoms with van der Waals surface area (Å²) < 4.78 is 18.3. The van der Waals surface area contributed by atoms with Gasteiger partial charge in [-0.3, -0.25) is 23.9 Å². The molecule has 2 aromatic carbocycles. The number of allylic oxidation sites excluding steroid dienone is 1. The Morgan fingerprint density at radius 3 is 2.50 bits per heavy atom. The number of aromatic hydroxyl groups is 1. The number of ether oxygens (including phenoxy) is 3. The van der Waals surface area contributed by atoms with E-state index in [4.69, 9.17) is 25.8 Å². The van der Waals surface area contributed by atoms with E-state index in [0.29, 0.717) is 11.3 Å². The number of anilines is 1. The number of rotatable bonds is 3. The first kappa shape index (κ1) is 25.8. The first-order chi connectivity index (χ1) is 19.0. The number of fused-ring (bicyclic) bond motifs is 2. The Hall–Kier alpha value is -4.51. The highest BCUT2D eigenvalue weighted by Crippen LogP contribution is 2.56. The summed E-state index contributed by atoms with van der Waals surface area (Å²) in [6, 6.07) is 7.59. The first-order valence-electron chi connectivity index (χ1n) is 12.4. The number of carbonyl (C=O) groups excluding carboxylic acids is 2. The molecule has 11 nitrogen and oxygen atoms in total. The molecule has 0 saturated heterocycles. The fourth-order valence-corrected chi connectivity index (χ4v) is 6.27. The lowest BCUT2D eigenvalue weighted by Crippen LogP contribution is -2.58. The van der Waals surface area contributed by atoms with Crippen molar-refractivity contribution in [3.63, 3.8) is 0 Å². The number of carbonyl (C=O) groups is 2. The second-order valence-electron chi connectivity index (χ2n) is 10.0. The fraction of sp³-hybridized carbons (Fsp3) is 0.286. The summed E-state index contributed by atoms with van der Waals surface area (Å²) in [7, 11) is 4.28. The maximum absolute atomic E-state index is 14.7. The molecule has 3 atom stereocenters. The number of hydrogen-bond acceptors (Lipinski definition) is 9. The summed E-state index contributed by atoms with van der Waals surface area (Å²) in [6.45, 7) is 1.71. The number of Topliss-reactive ketones (excluding diaryl/α,β-unsaturated/α-hetero) is 2. The Kier molecular flexibility index (Phi) is 5.63. The highest BCUT2D eigenvalue weighted by Gasteiger charge is 2.63. The molecule has 0 bridgehead atoms. The van der Waals surface area contributed by atoms with Crippen molar-refractivity contribution in [3.05, 3.63) is 84.2 Å². The number of H-pyrrole nitrogens is 1. The van der Waals surface area contributed by atoms with Gasteiger partial charge in [0.15, 0.2) is 5.75 Å². The lowest BCUT2D eigenvalue weighted by molar-refractivity contribution is -0.130. The molecule has 1 aromatic heterocycles. The molecule has 1 aliphatic carbocycles. The third-order valence-corrected chi connectivity index (χ3v) is 8.30. The number of phenols is 1. The number of nitrogens with one attached hydrogen (secondary N) is 2. The van der Waals surface area contributed by atoms with Crippen LogP contribution in [0.15, 0.2) is 51.2 Å². The van der Waals surface area contributed by atoms with Gasteiger partial charge in [0.2, 0.25) is 17.2 Å². The smallest absolute Gasteiger partial charge is 0.329 e. The molecule has 0 amide bonds. The van der Waals surface area contributed by atoms with Gasteiger partial charge in [0.1, 0.15) is 33.7 Å². The van der Waals surface area contributed by atoms with Gasteiger partial charge in [-0.15, -0.1) is 0 Å². The quantitative estimate of drug-likeness (QED) is 0.407. The van der Waals surface area contributed by atoms with Crippen LogP contribution < -0.4 is 30.8 Å². The normalized spacial score (nSPS) is 22.8. The Morgan fingerprint density at radius 2 is 1.82 bits per heavy atom. The average molecular weight is 566 g/mol. The number of methoxy groups -OCH3 is 2. The number of hydrogen-bond donors (Lipinski definition) is 3. The number of halogens is 1. The van der Waals surface area contributed by atoms with E-state index in [9.17, 15) is 24.3 Å². The lowest BCUT2D eigenvalue weighted by atomic mass is 9.66. The van der Waals surface area contributed by atoms with E-state index in [-0.39, 0.29) is 57.0 Å². The standard InChI is InChI=1S/C28H24ClN3O8/c1-11-8-14-18(23(34)28(11)24(35)19-15(38-3)10-16(39-4)21(29)22(19)40-28)17(12-6-5-7-13(33)9-12)20-25(30-14)32(2)27(37)31-26(20)36/h5-7,9-11,17,30,33H,8H2,1-4H3,(H,31,36,37). The van der Waals surface area contributed by atoms with Gasteiger partial charge in [-0.05, 0) is 24.1 Å². The number of nitrogens with zero attached hydrogens (tertiary/aromatic N) is 1. The van der Waals surface area contributed by atoms with Crippen molar-refractivity contribution < 1.29 is 28.9 Å². The third-order valence-electron chi connectivity index (χ3n) is 7.94. The minimum Gasteiger partial charge on any atom is -0.508 e. The summed E-state index contributed by atoms with van der Waals surface area (Å²) in [5, 5.41) is 13.4. The van der Waals surface area contributed by atoms with Crippen LogP contribution in [0.4, 0.5) is 5.82 Å². The van der Waals surface area contributed by atoms with Crippen LogP contribution in [-0.4, -0.2) is 46.0 Å². The van der Waals surface area contributed by atoms with E-state index in [0.717, 1.165) is 0 Å². The molecule has 3 aliphatic rings. The number of aromatic amines is 1. The molecule has 3 aromatic rings. The minimum absolute atomic E-state index is 0.0198. The second kappa shape index (κ2) is 8.75. The molecule has 0 saturated carbocycles. The van der Waals surface area contributed by atoms with Gasteiger partial charge >= 0.3 is 5.69 Å². The van der Waals surface area contributed by atoms with Crippen LogP contribution >= 0.6 is 11.6 Å². The average Bonchev–Trinajstić information content (AvgIpc) is 3.24. The van der Waals surface area contributed by atoms with Crippen LogP contribution in [0.25, 0.3) is 0 Å². The lowest BCUT2D eigenvalue weighted by Gasteiger charge is -2.42. The van der Waals surface area contributed by atoms with Gasteiger partial charge in [-0.2, -0.15) is 0 Å². The fourth-order valence-electron chi connectivity index (χ4n) is 6.00. The molecule has 2 aliphatic heterocycles. The van der Waals surface area contributed by atoms with Crippen LogP contribution in [0, 0.1) is 5.92 Å². The second-order valence-corrected chi connectivity index (χ2v) is 10.4. The Balaban J connectivity index is 1.61. The number of benzene rings is 2. The van der Waals surface area contributed by atoms with Crippen molar-refractivity contribution in [2.75, 3.05) is 19.5 Å². The summed E-state index contributed by atoms with van der Waals surface area (Å²) >= 11 is 6.55. The summed E-state index contributed by atoms with van der Waals surface area (Å²) in [4.78, 5) is 56.9. The molecule has 6 rings (SSSR count). The molecule has 3 heterocycles. The van der Waals surface area contributed by atoms with E-state index < -0.39 is 40.3 Å². The molecule has 206 valence electrons. The zero-order valence-electron chi connectivity index (χ0n) is 21.9. The zero-order valence-corrected chi connectivity index (χ0v) is 22.6. The first-order valence-corrected chi connectivity index (χ1v) is 12.8. The molecule has 3 N–H and O–H groups in total. The largest absolute Gasteiger partial charge is 0.508 e. The van der Waals surface area contributed by atoms with E-state index in [1.54, 1.807) is 19.1 Å². The Morgan fingerprint density at radius 1 is 1.10 bits per heavy atom. The van der Waals surface area contributed by atoms with Crippen LogP contribution in [0.1, 0.15) is 40.7 Å². The molecular weight excluding hydrogens is 542 g/mol. The van der Waals surface area contributed by atoms with Crippen LogP contribution in [0.2, 0.25) is 5.02 Å². The van der Waals surface area contributed by atoms with Crippen LogP contribution in [-0.2, 0) is 11.8 Å². The predicted octanol–water partition coefficient (Wildman–Crippen LogP) is 2.88. The monoisotopic (exact) mass is 565 g/mol. The highest BCUT2D eigenvalue weighted by molar-refractivity contribution is 6.36. The van der Waals surface area contributed by atoms with Gasteiger partial charge in [0.25, 0.3) is 5.56 Å². The highest BCUT2D eigenvalue weighted by atomic mass is 35.5. The van der Waals surface area contributed by atoms with E-state index in [1.165, 1.54) is 44.0 Å². The Labute approximate surface area is 232 Å². The molecule has 40 heavy (non-hydrogen) atoms. The molecule has 3 unspecified atom stereocenters. The summed E-state index contributed by atoms with van der Waals surface area (Å²) in [6.07, 6.45) is 0.160. The van der Waals surface area contributed by atoms with Crippen LogP contribution in [0.5, 0.6) is 23.0 Å². The van der Waals surface area contributed by atoms with Crippen molar-refractivity contribution >= 4 is 29.0 Å². The minimum atomic E-state index is -2.01. The van der Waals surface area contributed by atoms with Gasteiger partial charge < -0.3 is 24.6 Å². The molecule has 1 spiro atoms. The molecular formula is C28H24ClN3O8. The van der Waals surface area contributed by atoms with Gasteiger partial charge in [0, 0.05) is 36.2 Å². The van der Waals surface area contributed by atoms with Crippen molar-refractivity contribution in [2.45, 2.75) is 24.9 Å². The topological polar surface area (TPSA) is 149 Å². The van der Waals surface area contributed by atoms with Crippen molar-refractivity contribution in [2.24, 2.45) is 13.0 Å². The summed E-state index contributed by atoms with van der Waals surface area (Å²) in [5.41, 5.74) is -2.27. The number of phenolic OH excluding ortho intramolecular Hbond substituents is 1. The van der Waals surface area contributed by atoms with Gasteiger partial charge in [-0.25, -0.2) is 4.79 Å². The summed E-state index contributed by atoms with van der Waals surface area (Å²) in [5.74, 6) is -2.56. The molecule has 0 fully saturated rings. The predicted molar refractivity (Wildman–Crippen MR) is 144 cm³/mol. The SMILES string of the molecule is COc1cc(OC)c2c(c1Cl)OC1(C(=O)C3=C(CC1C)Nc1c(c(=O)[nH]c(=O)n1C)C3c1cccc(O)c1)C2=O. The number of aromatic nitrogens is 2. The van der Waals surface area contributed by atoms with Gasteiger partial charge in [-0.1, -0.05) is 30.7 Å². The van der Waals surface area contributed by atoms with Gasteiger partial charge in [0.05, 0.1) is 19.8 Å². The maximum Gasteiger partial charge on any atom is 0.329 e. The van der Waals surface area contributed by atoms with Crippen molar-refractivity contribution in [1.82, 2.24) is 9.55 Å². The van der Waals surface area contributed by atoms with E-state index in [2.05, 4.69) is 10.3 Å². The molecule has 12 heteroatoms. The Bertz CT molecular complexity index is 1810. The molecule has 0 radical (unpaired) electrons. The zero-order chi connectivity index (χ0) is 28.7. The van der Waals surface area contributed by atoms with E-state index >= 15 is 0 Å². The number of ketones is 2. The maximum atomic E-state index is 14.7. The van der Waals surface area contributed by atoms with Crippen LogP contribution in [0.3, 0.4) is 0 Å². The van der Waals surface area contributed by atoms with Crippen molar-refractivity contribution in [1.29, 1.82) is 0 Å². The van der Waals surface area contributed by atoms with E-state index in [1.807, 2.05) is 0 Å². The third kappa shape index (κ3) is 3.24. The van der Waals surface area contributed by atoms with Crippen molar-refractivity contribution in [3.8, 4) is 23.0 Å².